The van der Waals surface area contributed by atoms with Crippen molar-refractivity contribution >= 4 is 17.3 Å². The largest absolute Gasteiger partial charge is 0.396 e. The van der Waals surface area contributed by atoms with Crippen molar-refractivity contribution in [3.8, 4) is 0 Å². The van der Waals surface area contributed by atoms with Gasteiger partial charge in [-0.05, 0) is 25.6 Å². The van der Waals surface area contributed by atoms with Crippen LogP contribution in [0.5, 0.6) is 0 Å². The zero-order chi connectivity index (χ0) is 13.1. The Morgan fingerprint density at radius 3 is 2.94 bits per heavy atom. The summed E-state index contributed by atoms with van der Waals surface area (Å²) in [7, 11) is 3.75. The second-order valence-corrected chi connectivity index (χ2v) is 4.48. The van der Waals surface area contributed by atoms with Gasteiger partial charge in [0.05, 0.1) is 0 Å². The van der Waals surface area contributed by atoms with Crippen LogP contribution in [0.4, 0.5) is 11.4 Å². The first-order valence-electron chi connectivity index (χ1n) is 6.11. The predicted octanol–water partition coefficient (Wildman–Crippen LogP) is 0.718. The van der Waals surface area contributed by atoms with Gasteiger partial charge in [0.25, 0.3) is 0 Å². The Balaban J connectivity index is 2.19. The summed E-state index contributed by atoms with van der Waals surface area (Å²) >= 11 is 0. The molecular formula is C13H19N3O2. The molecule has 0 saturated heterocycles. The van der Waals surface area contributed by atoms with Crippen molar-refractivity contribution in [1.82, 2.24) is 5.32 Å². The van der Waals surface area contributed by atoms with E-state index in [1.165, 1.54) is 0 Å². The van der Waals surface area contributed by atoms with E-state index in [2.05, 4.69) is 15.5 Å². The summed E-state index contributed by atoms with van der Waals surface area (Å²) in [6.45, 7) is 0.979. The first-order chi connectivity index (χ1) is 8.67. The Morgan fingerprint density at radius 2 is 2.28 bits per heavy atom. The molecule has 0 fully saturated rings. The monoisotopic (exact) mass is 249 g/mol. The average Bonchev–Trinajstić information content (AvgIpc) is 2.69. The Labute approximate surface area is 107 Å². The minimum atomic E-state index is -0.253. The number of rotatable bonds is 5. The molecule has 1 amide bonds. The van der Waals surface area contributed by atoms with Gasteiger partial charge in [-0.2, -0.15) is 0 Å². The maximum Gasteiger partial charge on any atom is 0.246 e. The number of likely N-dealkylation sites (N-methyl/N-ethyl adjacent to an activating group) is 1. The highest BCUT2D eigenvalue weighted by Crippen LogP contribution is 2.33. The van der Waals surface area contributed by atoms with Crippen LogP contribution in [0, 0.1) is 0 Å². The third-order valence-electron chi connectivity index (χ3n) is 3.25. The van der Waals surface area contributed by atoms with E-state index in [-0.39, 0.29) is 18.6 Å². The van der Waals surface area contributed by atoms with E-state index < -0.39 is 0 Å². The van der Waals surface area contributed by atoms with Crippen LogP contribution >= 0.6 is 0 Å². The fraction of sp³-hybridized carbons (Fsp3) is 0.462. The third-order valence-corrected chi connectivity index (χ3v) is 3.25. The molecule has 0 radical (unpaired) electrons. The Bertz CT molecular complexity index is 448. The molecule has 5 heteroatoms. The number of aliphatic hydroxyl groups excluding tert-OH is 1. The average molecular weight is 249 g/mol. The number of nitrogens with zero attached hydrogens (tertiary/aromatic N) is 1. The molecule has 1 aromatic rings. The smallest absolute Gasteiger partial charge is 0.246 e. The summed E-state index contributed by atoms with van der Waals surface area (Å²) in [5.41, 5.74) is 2.90. The summed E-state index contributed by atoms with van der Waals surface area (Å²) in [5, 5.41) is 14.7. The Kier molecular flexibility index (Phi) is 3.84. The highest BCUT2D eigenvalue weighted by Gasteiger charge is 2.29. The van der Waals surface area contributed by atoms with E-state index in [1.807, 2.05) is 25.2 Å². The number of carbonyl (C=O) groups is 1. The number of benzene rings is 1. The van der Waals surface area contributed by atoms with Gasteiger partial charge in [-0.3, -0.25) is 4.79 Å². The third kappa shape index (κ3) is 2.32. The summed E-state index contributed by atoms with van der Waals surface area (Å²) in [4.78, 5) is 13.8. The quantitative estimate of drug-likeness (QED) is 0.719. The maximum absolute atomic E-state index is 11.7. The molecule has 0 aliphatic carbocycles. The minimum absolute atomic E-state index is 0.0114. The fourth-order valence-electron chi connectivity index (χ4n) is 2.21. The molecule has 2 rings (SSSR count). The zero-order valence-electron chi connectivity index (χ0n) is 10.7. The molecule has 1 unspecified atom stereocenters. The number of carbonyl (C=O) groups excluding carboxylic acids is 1. The van der Waals surface area contributed by atoms with Gasteiger partial charge in [-0.15, -0.1) is 0 Å². The van der Waals surface area contributed by atoms with Crippen molar-refractivity contribution in [3.63, 3.8) is 0 Å². The van der Waals surface area contributed by atoms with Crippen molar-refractivity contribution in [3.05, 3.63) is 23.8 Å². The van der Waals surface area contributed by atoms with Gasteiger partial charge in [-0.1, -0.05) is 6.07 Å². The van der Waals surface area contributed by atoms with Gasteiger partial charge in [-0.25, -0.2) is 0 Å². The number of fused-ring (bicyclic) bond motifs is 1. The predicted molar refractivity (Wildman–Crippen MR) is 71.8 cm³/mol. The minimum Gasteiger partial charge on any atom is -0.396 e. The van der Waals surface area contributed by atoms with E-state index in [1.54, 1.807) is 7.05 Å². The van der Waals surface area contributed by atoms with Gasteiger partial charge in [0, 0.05) is 37.1 Å². The number of nitrogens with one attached hydrogen (secondary N) is 2. The first-order valence-corrected chi connectivity index (χ1v) is 6.11. The molecule has 3 N–H and O–H groups in total. The molecule has 0 saturated carbocycles. The molecule has 1 atom stereocenters. The van der Waals surface area contributed by atoms with Crippen LogP contribution in [0.15, 0.2) is 18.2 Å². The standard InChI is InChI=1S/C13H19N3O2/c1-14-12-10-5-4-9(16(2)6-3-7-17)8-11(10)15-13(12)18/h4-5,8,12,14,17H,3,6-7H2,1-2H3,(H,15,18). The van der Waals surface area contributed by atoms with E-state index in [4.69, 9.17) is 5.11 Å². The molecular weight excluding hydrogens is 230 g/mol. The first kappa shape index (κ1) is 12.9. The molecule has 0 spiro atoms. The van der Waals surface area contributed by atoms with Gasteiger partial charge in [0.1, 0.15) is 6.04 Å². The van der Waals surface area contributed by atoms with Crippen LogP contribution in [-0.2, 0) is 4.79 Å². The number of amides is 1. The number of anilines is 2. The van der Waals surface area contributed by atoms with Crippen molar-refractivity contribution in [2.24, 2.45) is 0 Å². The topological polar surface area (TPSA) is 64.6 Å². The highest BCUT2D eigenvalue weighted by molar-refractivity contribution is 6.03. The molecule has 1 aliphatic heterocycles. The van der Waals surface area contributed by atoms with Gasteiger partial charge < -0.3 is 20.6 Å². The molecule has 18 heavy (non-hydrogen) atoms. The lowest BCUT2D eigenvalue weighted by Crippen LogP contribution is -2.23. The molecule has 0 aromatic heterocycles. The van der Waals surface area contributed by atoms with Crippen molar-refractivity contribution in [2.75, 3.05) is 37.5 Å². The number of hydrogen-bond donors (Lipinski definition) is 3. The Hall–Kier alpha value is -1.59. The van der Waals surface area contributed by atoms with Gasteiger partial charge in [0.15, 0.2) is 0 Å². The van der Waals surface area contributed by atoms with Crippen LogP contribution in [0.3, 0.4) is 0 Å². The van der Waals surface area contributed by atoms with Crippen LogP contribution in [0.1, 0.15) is 18.0 Å². The normalized spacial score (nSPS) is 17.5. The molecule has 5 nitrogen and oxygen atoms in total. The fourth-order valence-corrected chi connectivity index (χ4v) is 2.21. The molecule has 0 bridgehead atoms. The summed E-state index contributed by atoms with van der Waals surface area (Å²) < 4.78 is 0. The van der Waals surface area contributed by atoms with Gasteiger partial charge >= 0.3 is 0 Å². The summed E-state index contributed by atoms with van der Waals surface area (Å²) in [6, 6.07) is 5.69. The van der Waals surface area contributed by atoms with E-state index in [9.17, 15) is 4.79 Å². The molecule has 1 aliphatic rings. The van der Waals surface area contributed by atoms with E-state index in [0.717, 1.165) is 29.9 Å². The lowest BCUT2D eigenvalue weighted by Gasteiger charge is -2.19. The molecule has 1 aromatic carbocycles. The molecule has 98 valence electrons. The Morgan fingerprint density at radius 1 is 1.50 bits per heavy atom. The molecule has 1 heterocycles. The van der Waals surface area contributed by atoms with Crippen molar-refractivity contribution < 1.29 is 9.90 Å². The van der Waals surface area contributed by atoms with Crippen molar-refractivity contribution in [1.29, 1.82) is 0 Å². The zero-order valence-corrected chi connectivity index (χ0v) is 10.7. The van der Waals surface area contributed by atoms with Crippen LogP contribution in [0.25, 0.3) is 0 Å². The van der Waals surface area contributed by atoms with Crippen LogP contribution in [-0.4, -0.2) is 38.3 Å². The lowest BCUT2D eigenvalue weighted by atomic mass is 10.1. The summed E-state index contributed by atoms with van der Waals surface area (Å²) in [6.07, 6.45) is 0.735. The van der Waals surface area contributed by atoms with E-state index in [0.29, 0.717) is 0 Å². The highest BCUT2D eigenvalue weighted by atomic mass is 16.3. The second kappa shape index (κ2) is 5.37. The maximum atomic E-state index is 11.7. The lowest BCUT2D eigenvalue weighted by molar-refractivity contribution is -0.117. The van der Waals surface area contributed by atoms with Crippen LogP contribution < -0.4 is 15.5 Å². The summed E-state index contributed by atoms with van der Waals surface area (Å²) in [5.74, 6) is -0.0114. The SMILES string of the molecule is CNC1C(=O)Nc2cc(N(C)CCCO)ccc21. The van der Waals surface area contributed by atoms with E-state index >= 15 is 0 Å². The second-order valence-electron chi connectivity index (χ2n) is 4.48. The number of hydrogen-bond acceptors (Lipinski definition) is 4. The van der Waals surface area contributed by atoms with Gasteiger partial charge in [0.2, 0.25) is 5.91 Å². The number of aliphatic hydroxyl groups is 1. The van der Waals surface area contributed by atoms with Crippen LogP contribution in [0.2, 0.25) is 0 Å². The van der Waals surface area contributed by atoms with Crippen molar-refractivity contribution in [2.45, 2.75) is 12.5 Å².